The van der Waals surface area contributed by atoms with Crippen LogP contribution in [0.3, 0.4) is 0 Å². The molecule has 1 aliphatic heterocycles. The van der Waals surface area contributed by atoms with Gasteiger partial charge >= 0.3 is 5.97 Å². The van der Waals surface area contributed by atoms with Crippen molar-refractivity contribution in [3.63, 3.8) is 0 Å². The molecule has 0 unspecified atom stereocenters. The Morgan fingerprint density at radius 3 is 1.97 bits per heavy atom. The van der Waals surface area contributed by atoms with Gasteiger partial charge < -0.3 is 19.4 Å². The van der Waals surface area contributed by atoms with Crippen molar-refractivity contribution in [1.29, 1.82) is 0 Å². The van der Waals surface area contributed by atoms with Gasteiger partial charge in [0.15, 0.2) is 11.1 Å². The van der Waals surface area contributed by atoms with Gasteiger partial charge in [0.1, 0.15) is 11.1 Å². The highest BCUT2D eigenvalue weighted by Crippen LogP contribution is 2.29. The number of fused-ring (bicyclic) bond motifs is 1. The molecule has 0 spiro atoms. The maximum Gasteiger partial charge on any atom is 0.308 e. The summed E-state index contributed by atoms with van der Waals surface area (Å²) < 4.78 is 10.4. The summed E-state index contributed by atoms with van der Waals surface area (Å²) in [6.45, 7) is 1.16. The molecule has 0 saturated carbocycles. The zero-order chi connectivity index (χ0) is 27.7. The van der Waals surface area contributed by atoms with Crippen LogP contribution in [0.25, 0.3) is 11.8 Å². The van der Waals surface area contributed by atoms with Crippen molar-refractivity contribution in [3.8, 4) is 5.75 Å². The number of nitrogens with one attached hydrogen (secondary N) is 2. The molecule has 2 amide bonds. The van der Waals surface area contributed by atoms with Gasteiger partial charge in [-0.2, -0.15) is 0 Å². The SMILES string of the molecule is COc1ccc(C=c2[nH]c(=O)c(=C(OC(C)=O)c3ccc(N4C(=O)c5ccccc5C4=O)cc3)[nH]c2=O)cc1. The first-order chi connectivity index (χ1) is 18.8. The van der Waals surface area contributed by atoms with Crippen LogP contribution in [0.4, 0.5) is 5.69 Å². The Balaban J connectivity index is 1.57. The van der Waals surface area contributed by atoms with Gasteiger partial charge in [0.25, 0.3) is 22.9 Å². The van der Waals surface area contributed by atoms with E-state index < -0.39 is 28.9 Å². The van der Waals surface area contributed by atoms with Gasteiger partial charge in [-0.3, -0.25) is 24.0 Å². The first-order valence-corrected chi connectivity index (χ1v) is 11.8. The number of amides is 2. The number of imide groups is 1. The van der Waals surface area contributed by atoms with Crippen molar-refractivity contribution in [2.45, 2.75) is 6.92 Å². The number of aromatic amines is 2. The maximum atomic E-state index is 13.0. The molecule has 2 N–H and O–H groups in total. The van der Waals surface area contributed by atoms with Gasteiger partial charge in [-0.1, -0.05) is 24.3 Å². The van der Waals surface area contributed by atoms with Gasteiger partial charge in [0, 0.05) is 12.5 Å². The molecule has 3 aromatic carbocycles. The van der Waals surface area contributed by atoms with E-state index >= 15 is 0 Å². The maximum absolute atomic E-state index is 13.0. The van der Waals surface area contributed by atoms with E-state index in [2.05, 4.69) is 9.97 Å². The number of nitrogens with zero attached hydrogens (tertiary/aromatic N) is 1. The number of hydrogen-bond acceptors (Lipinski definition) is 7. The summed E-state index contributed by atoms with van der Waals surface area (Å²) in [6.07, 6.45) is 1.49. The molecule has 0 aliphatic carbocycles. The second-order valence-electron chi connectivity index (χ2n) is 8.58. The Bertz CT molecular complexity index is 1830. The Hall–Kier alpha value is -5.51. The summed E-state index contributed by atoms with van der Waals surface area (Å²) >= 11 is 0. The van der Waals surface area contributed by atoms with Gasteiger partial charge in [-0.15, -0.1) is 0 Å². The van der Waals surface area contributed by atoms with Crippen molar-refractivity contribution in [2.75, 3.05) is 12.0 Å². The molecule has 1 aliphatic rings. The summed E-state index contributed by atoms with van der Waals surface area (Å²) in [4.78, 5) is 69.4. The molecular weight excluding hydrogens is 502 g/mol. The molecule has 1 aromatic heterocycles. The van der Waals surface area contributed by atoms with Crippen LogP contribution in [0.5, 0.6) is 5.75 Å². The van der Waals surface area contributed by atoms with E-state index in [0.717, 1.165) is 11.8 Å². The number of benzene rings is 3. The number of anilines is 1. The topological polar surface area (TPSA) is 139 Å². The van der Waals surface area contributed by atoms with E-state index in [0.29, 0.717) is 28.1 Å². The van der Waals surface area contributed by atoms with Gasteiger partial charge in [0.2, 0.25) is 0 Å². The predicted octanol–water partition coefficient (Wildman–Crippen LogP) is 1.42. The van der Waals surface area contributed by atoms with Crippen molar-refractivity contribution in [1.82, 2.24) is 9.97 Å². The predicted molar refractivity (Wildman–Crippen MR) is 142 cm³/mol. The van der Waals surface area contributed by atoms with Crippen LogP contribution in [-0.4, -0.2) is 34.9 Å². The third kappa shape index (κ3) is 4.78. The number of carbonyl (C=O) groups excluding carboxylic acids is 3. The number of hydrogen-bond donors (Lipinski definition) is 2. The van der Waals surface area contributed by atoms with E-state index in [1.165, 1.54) is 37.5 Å². The van der Waals surface area contributed by atoms with E-state index in [4.69, 9.17) is 9.47 Å². The minimum atomic E-state index is -0.719. The zero-order valence-corrected chi connectivity index (χ0v) is 20.8. The lowest BCUT2D eigenvalue weighted by Gasteiger charge is -2.15. The monoisotopic (exact) mass is 523 g/mol. The molecule has 0 radical (unpaired) electrons. The Labute approximate surface area is 220 Å². The standard InChI is InChI=1S/C29H21N3O7/c1-16(33)39-25(24-27(35)30-23(26(34)31-24)15-17-7-13-20(38-2)14-8-17)18-9-11-19(12-10-18)32-28(36)21-5-3-4-6-22(21)29(32)37/h3-15H,1-2H3,(H,30,35)(H,31,34). The average molecular weight is 524 g/mol. The molecule has 4 aromatic rings. The lowest BCUT2D eigenvalue weighted by Crippen LogP contribution is -2.48. The number of esters is 1. The van der Waals surface area contributed by atoms with E-state index in [-0.39, 0.29) is 22.0 Å². The van der Waals surface area contributed by atoms with E-state index in [9.17, 15) is 24.0 Å². The van der Waals surface area contributed by atoms with Crippen LogP contribution in [-0.2, 0) is 9.53 Å². The third-order valence-corrected chi connectivity index (χ3v) is 6.04. The molecule has 0 atom stereocenters. The second kappa shape index (κ2) is 10.1. The van der Waals surface area contributed by atoms with Gasteiger partial charge in [-0.05, 0) is 60.2 Å². The lowest BCUT2D eigenvalue weighted by molar-refractivity contribution is -0.134. The quantitative estimate of drug-likeness (QED) is 0.298. The minimum absolute atomic E-state index is 0.00272. The summed E-state index contributed by atoms with van der Waals surface area (Å²) in [6, 6.07) is 19.3. The number of aromatic nitrogens is 2. The van der Waals surface area contributed by atoms with Crippen molar-refractivity contribution in [3.05, 3.63) is 126 Å². The summed E-state index contributed by atoms with van der Waals surface area (Å²) in [5.74, 6) is -1.19. The summed E-state index contributed by atoms with van der Waals surface area (Å²) in [5.41, 5.74) is 0.488. The highest BCUT2D eigenvalue weighted by atomic mass is 16.5. The highest BCUT2D eigenvalue weighted by Gasteiger charge is 2.36. The van der Waals surface area contributed by atoms with Crippen LogP contribution in [0.15, 0.2) is 82.4 Å². The van der Waals surface area contributed by atoms with Crippen LogP contribution in [0.2, 0.25) is 0 Å². The molecule has 39 heavy (non-hydrogen) atoms. The Morgan fingerprint density at radius 2 is 1.41 bits per heavy atom. The molecule has 2 heterocycles. The molecule has 0 bridgehead atoms. The summed E-state index contributed by atoms with van der Waals surface area (Å²) in [5, 5.41) is -0.271. The van der Waals surface area contributed by atoms with Crippen LogP contribution in [0.1, 0.15) is 38.8 Å². The fourth-order valence-corrected chi connectivity index (χ4v) is 4.19. The fourth-order valence-electron chi connectivity index (χ4n) is 4.19. The van der Waals surface area contributed by atoms with Crippen molar-refractivity contribution in [2.24, 2.45) is 0 Å². The molecule has 10 heteroatoms. The minimum Gasteiger partial charge on any atom is -0.497 e. The van der Waals surface area contributed by atoms with E-state index in [1.807, 2.05) is 0 Å². The first-order valence-electron chi connectivity index (χ1n) is 11.8. The van der Waals surface area contributed by atoms with Crippen molar-refractivity contribution >= 4 is 35.3 Å². The largest absolute Gasteiger partial charge is 0.497 e. The van der Waals surface area contributed by atoms with Crippen LogP contribution in [0, 0.1) is 0 Å². The Morgan fingerprint density at radius 1 is 0.795 bits per heavy atom. The molecule has 194 valence electrons. The Kier molecular flexibility index (Phi) is 6.51. The number of ether oxygens (including phenoxy) is 2. The van der Waals surface area contributed by atoms with Gasteiger partial charge in [-0.25, -0.2) is 4.90 Å². The number of carbonyl (C=O) groups is 3. The normalized spacial score (nSPS) is 13.8. The van der Waals surface area contributed by atoms with Crippen LogP contribution >= 0.6 is 0 Å². The first kappa shape index (κ1) is 25.2. The number of rotatable bonds is 5. The smallest absolute Gasteiger partial charge is 0.308 e. The number of methoxy groups -OCH3 is 1. The average Bonchev–Trinajstić information content (AvgIpc) is 3.19. The van der Waals surface area contributed by atoms with Crippen molar-refractivity contribution < 1.29 is 23.9 Å². The molecule has 5 rings (SSSR count). The van der Waals surface area contributed by atoms with Crippen LogP contribution < -0.4 is 31.5 Å². The molecular formula is C29H21N3O7. The number of H-pyrrole nitrogens is 2. The third-order valence-electron chi connectivity index (χ3n) is 6.04. The van der Waals surface area contributed by atoms with E-state index in [1.54, 1.807) is 48.5 Å². The molecule has 0 fully saturated rings. The van der Waals surface area contributed by atoms with Gasteiger partial charge in [0.05, 0.1) is 23.9 Å². The zero-order valence-electron chi connectivity index (χ0n) is 20.8. The highest BCUT2D eigenvalue weighted by molar-refractivity contribution is 6.34. The lowest BCUT2D eigenvalue weighted by atomic mass is 10.1. The summed E-state index contributed by atoms with van der Waals surface area (Å²) in [7, 11) is 1.54. The second-order valence-corrected chi connectivity index (χ2v) is 8.58. The molecule has 0 saturated heterocycles. The fraction of sp³-hybridized carbons (Fsp3) is 0.0690. The molecule has 10 nitrogen and oxygen atoms in total.